The summed E-state index contributed by atoms with van der Waals surface area (Å²) in [5, 5.41) is 6.01. The van der Waals surface area contributed by atoms with Gasteiger partial charge in [0.1, 0.15) is 11.3 Å². The van der Waals surface area contributed by atoms with Gasteiger partial charge in [0.2, 0.25) is 0 Å². The second-order valence-corrected chi connectivity index (χ2v) is 9.10. The Labute approximate surface area is 209 Å². The van der Waals surface area contributed by atoms with Crippen molar-refractivity contribution in [3.05, 3.63) is 140 Å². The average Bonchev–Trinajstić information content (AvgIpc) is 3.38. The third-order valence-corrected chi connectivity index (χ3v) is 6.80. The molecule has 2 nitrogen and oxygen atoms in total. The van der Waals surface area contributed by atoms with Crippen molar-refractivity contribution in [2.24, 2.45) is 0 Å². The van der Waals surface area contributed by atoms with E-state index in [1.54, 1.807) is 0 Å². The van der Waals surface area contributed by atoms with E-state index in [-0.39, 0.29) is 0 Å². The number of nitrogens with zero attached hydrogens (tertiary/aromatic N) is 1. The molecule has 1 heterocycles. The number of para-hydroxylation sites is 1. The zero-order chi connectivity index (χ0) is 23.9. The highest BCUT2D eigenvalue weighted by atomic mass is 16.3. The van der Waals surface area contributed by atoms with Crippen LogP contribution in [0.1, 0.15) is 0 Å². The first kappa shape index (κ1) is 20.5. The molecule has 6 aromatic carbocycles. The van der Waals surface area contributed by atoms with E-state index in [0.717, 1.165) is 39.4 Å². The van der Waals surface area contributed by atoms with Crippen LogP contribution in [-0.2, 0) is 0 Å². The lowest BCUT2D eigenvalue weighted by atomic mass is 10.1. The van der Waals surface area contributed by atoms with Crippen LogP contribution < -0.4 is 4.90 Å². The van der Waals surface area contributed by atoms with Crippen LogP contribution in [0.15, 0.2) is 144 Å². The van der Waals surface area contributed by atoms with Crippen molar-refractivity contribution in [3.8, 4) is 11.3 Å². The van der Waals surface area contributed by atoms with Gasteiger partial charge in [-0.25, -0.2) is 0 Å². The molecule has 0 atom stereocenters. The van der Waals surface area contributed by atoms with Gasteiger partial charge in [0.25, 0.3) is 0 Å². The Hall–Kier alpha value is -4.82. The van der Waals surface area contributed by atoms with Gasteiger partial charge >= 0.3 is 0 Å². The van der Waals surface area contributed by atoms with Gasteiger partial charge in [0, 0.05) is 28.0 Å². The van der Waals surface area contributed by atoms with Gasteiger partial charge in [-0.15, -0.1) is 0 Å². The van der Waals surface area contributed by atoms with Gasteiger partial charge in [0.15, 0.2) is 0 Å². The molecule has 2 heteroatoms. The smallest absolute Gasteiger partial charge is 0.135 e. The maximum atomic E-state index is 6.20. The molecule has 0 saturated heterocycles. The summed E-state index contributed by atoms with van der Waals surface area (Å²) in [5.74, 6) is 0.870. The third-order valence-electron chi connectivity index (χ3n) is 6.80. The molecule has 0 aliphatic carbocycles. The van der Waals surface area contributed by atoms with Crippen LogP contribution in [0.2, 0.25) is 0 Å². The Morgan fingerprint density at radius 2 is 0.944 bits per heavy atom. The second kappa shape index (κ2) is 8.44. The van der Waals surface area contributed by atoms with Crippen LogP contribution in [0.5, 0.6) is 0 Å². The number of rotatable bonds is 4. The molecular weight excluding hydrogens is 438 g/mol. The first-order valence-electron chi connectivity index (χ1n) is 12.2. The monoisotopic (exact) mass is 461 g/mol. The summed E-state index contributed by atoms with van der Waals surface area (Å²) >= 11 is 0. The standard InChI is InChI=1S/C34H23NO/c1-3-10-26-20-31(18-16-24(26)8-1)35(32-19-17-25-9-2-4-11-27(25)21-32)30-14-7-13-28(22-30)34-23-29-12-5-6-15-33(29)36-34/h1-23H. The van der Waals surface area contributed by atoms with Crippen LogP contribution in [-0.4, -0.2) is 0 Å². The summed E-state index contributed by atoms with van der Waals surface area (Å²) in [7, 11) is 0. The second-order valence-electron chi connectivity index (χ2n) is 9.10. The fourth-order valence-electron chi connectivity index (χ4n) is 5.00. The Balaban J connectivity index is 1.41. The van der Waals surface area contributed by atoms with Crippen LogP contribution in [0, 0.1) is 0 Å². The minimum absolute atomic E-state index is 0.870. The number of furan rings is 1. The molecule has 36 heavy (non-hydrogen) atoms. The van der Waals surface area contributed by atoms with Crippen molar-refractivity contribution >= 4 is 49.6 Å². The zero-order valence-electron chi connectivity index (χ0n) is 19.6. The van der Waals surface area contributed by atoms with E-state index in [4.69, 9.17) is 4.42 Å². The molecule has 0 aliphatic heterocycles. The van der Waals surface area contributed by atoms with Crippen LogP contribution in [0.3, 0.4) is 0 Å². The van der Waals surface area contributed by atoms with E-state index >= 15 is 0 Å². The zero-order valence-corrected chi connectivity index (χ0v) is 19.6. The molecule has 0 spiro atoms. The molecule has 0 N–H and O–H groups in total. The van der Waals surface area contributed by atoms with E-state index in [2.05, 4.69) is 126 Å². The van der Waals surface area contributed by atoms with Crippen molar-refractivity contribution in [1.29, 1.82) is 0 Å². The lowest BCUT2D eigenvalue weighted by Crippen LogP contribution is -2.10. The summed E-state index contributed by atoms with van der Waals surface area (Å²) < 4.78 is 6.20. The molecule has 0 saturated carbocycles. The first-order valence-corrected chi connectivity index (χ1v) is 12.2. The molecule has 0 radical (unpaired) electrons. The number of anilines is 3. The normalized spacial score (nSPS) is 11.3. The van der Waals surface area contributed by atoms with Gasteiger partial charge in [0.05, 0.1) is 0 Å². The summed E-state index contributed by atoms with van der Waals surface area (Å²) in [5.41, 5.74) is 5.27. The van der Waals surface area contributed by atoms with E-state index in [0.29, 0.717) is 0 Å². The Bertz CT molecular complexity index is 1750. The van der Waals surface area contributed by atoms with Crippen molar-refractivity contribution in [2.75, 3.05) is 4.90 Å². The highest BCUT2D eigenvalue weighted by molar-refractivity contribution is 5.93. The van der Waals surface area contributed by atoms with Gasteiger partial charge in [-0.2, -0.15) is 0 Å². The largest absolute Gasteiger partial charge is 0.456 e. The molecule has 0 unspecified atom stereocenters. The van der Waals surface area contributed by atoms with Crippen molar-refractivity contribution in [2.45, 2.75) is 0 Å². The fourth-order valence-corrected chi connectivity index (χ4v) is 5.00. The molecule has 0 bridgehead atoms. The minimum Gasteiger partial charge on any atom is -0.456 e. The lowest BCUT2D eigenvalue weighted by molar-refractivity contribution is 0.631. The van der Waals surface area contributed by atoms with E-state index in [9.17, 15) is 0 Å². The highest BCUT2D eigenvalue weighted by Crippen LogP contribution is 2.39. The molecule has 0 aliphatic rings. The summed E-state index contributed by atoms with van der Waals surface area (Å²) in [6, 6.07) is 49.2. The number of fused-ring (bicyclic) bond motifs is 3. The van der Waals surface area contributed by atoms with Gasteiger partial charge in [-0.3, -0.25) is 0 Å². The summed E-state index contributed by atoms with van der Waals surface area (Å²) in [4.78, 5) is 2.32. The minimum atomic E-state index is 0.870. The topological polar surface area (TPSA) is 16.4 Å². The fraction of sp³-hybridized carbons (Fsp3) is 0. The third kappa shape index (κ3) is 3.60. The summed E-state index contributed by atoms with van der Waals surface area (Å²) in [6.45, 7) is 0. The first-order chi connectivity index (χ1) is 17.8. The average molecular weight is 462 g/mol. The molecular formula is C34H23NO. The maximum absolute atomic E-state index is 6.20. The highest BCUT2D eigenvalue weighted by Gasteiger charge is 2.15. The summed E-state index contributed by atoms with van der Waals surface area (Å²) in [6.07, 6.45) is 0. The maximum Gasteiger partial charge on any atom is 0.135 e. The molecule has 7 rings (SSSR count). The van der Waals surface area contributed by atoms with Gasteiger partial charge in [-0.05, 0) is 70.1 Å². The van der Waals surface area contributed by atoms with Crippen molar-refractivity contribution < 1.29 is 4.42 Å². The number of benzene rings is 6. The molecule has 170 valence electrons. The molecule has 0 amide bonds. The predicted molar refractivity (Wildman–Crippen MR) is 151 cm³/mol. The Morgan fingerprint density at radius 1 is 0.389 bits per heavy atom. The molecule has 0 fully saturated rings. The van der Waals surface area contributed by atoms with E-state index in [1.165, 1.54) is 21.5 Å². The van der Waals surface area contributed by atoms with E-state index < -0.39 is 0 Å². The molecule has 1 aromatic heterocycles. The van der Waals surface area contributed by atoms with E-state index in [1.807, 2.05) is 18.2 Å². The van der Waals surface area contributed by atoms with Crippen molar-refractivity contribution in [3.63, 3.8) is 0 Å². The quantitative estimate of drug-likeness (QED) is 0.259. The van der Waals surface area contributed by atoms with Crippen molar-refractivity contribution in [1.82, 2.24) is 0 Å². The van der Waals surface area contributed by atoms with Gasteiger partial charge in [-0.1, -0.05) is 91.0 Å². The SMILES string of the molecule is c1cc(-c2cc3ccccc3o2)cc(N(c2ccc3ccccc3c2)c2ccc3ccccc3c2)c1. The Morgan fingerprint density at radius 3 is 1.58 bits per heavy atom. The van der Waals surface area contributed by atoms with Crippen LogP contribution in [0.4, 0.5) is 17.1 Å². The number of hydrogen-bond donors (Lipinski definition) is 0. The van der Waals surface area contributed by atoms with Crippen LogP contribution >= 0.6 is 0 Å². The lowest BCUT2D eigenvalue weighted by Gasteiger charge is -2.26. The van der Waals surface area contributed by atoms with Crippen LogP contribution in [0.25, 0.3) is 43.8 Å². The van der Waals surface area contributed by atoms with Gasteiger partial charge < -0.3 is 9.32 Å². The molecule has 7 aromatic rings. The Kier molecular flexibility index (Phi) is 4.82. The number of hydrogen-bond acceptors (Lipinski definition) is 2. The predicted octanol–water partition coefficient (Wildman–Crippen LogP) is 9.88.